The number of alkyl halides is 4. The fourth-order valence-corrected chi connectivity index (χ4v) is 8.79. The Kier molecular flexibility index (Phi) is 17.7. The highest BCUT2D eigenvalue weighted by molar-refractivity contribution is 6.69. The molecule has 10 rings (SSSR count). The van der Waals surface area contributed by atoms with Crippen LogP contribution in [0, 0.1) is 23.7 Å². The molecule has 378 valence electrons. The lowest BCUT2D eigenvalue weighted by Crippen LogP contribution is -2.27. The number of hydrogen-bond acceptors (Lipinski definition) is 8. The van der Waals surface area contributed by atoms with E-state index in [1.807, 2.05) is 153 Å². The van der Waals surface area contributed by atoms with E-state index < -0.39 is 72.1 Å². The number of esters is 1. The summed E-state index contributed by atoms with van der Waals surface area (Å²) in [6, 6.07) is 52.6. The van der Waals surface area contributed by atoms with Gasteiger partial charge in [-0.25, -0.2) is 31.9 Å². The summed E-state index contributed by atoms with van der Waals surface area (Å²) in [6.07, 6.45) is -1.50. The molecule has 2 saturated carbocycles. The van der Waals surface area contributed by atoms with Crippen LogP contribution in [0.25, 0.3) is 43.1 Å². The number of amides is 2. The van der Waals surface area contributed by atoms with Crippen LogP contribution in [0.4, 0.5) is 27.2 Å². The molecule has 0 aliphatic heterocycles. The molecule has 2 aliphatic carbocycles. The number of fused-ring (bicyclic) bond motifs is 4. The Hall–Kier alpha value is -7.55. The number of carbonyl (C=O) groups is 4. The van der Waals surface area contributed by atoms with Gasteiger partial charge in [-0.1, -0.05) is 172 Å². The summed E-state index contributed by atoms with van der Waals surface area (Å²) in [7, 11) is 0. The SMILES string of the molecule is CC.O=C(Cl)c1c2ccccc2cc2ccccc12.O=C(NC[C@@H]1[C@@H](CO)C1(F)F)OCc1ccccc1.O=C(NC[C@@H]1[C@@H](COC(=O)c2c3ccccc3cc3ccccc23)C1(F)F)OCc1ccccc1. The molecule has 0 aromatic heterocycles. The summed E-state index contributed by atoms with van der Waals surface area (Å²) in [5.41, 5.74) is 2.58. The number of alkyl carbamates (subject to hydrolysis) is 2. The number of benzene rings is 8. The fraction of sp³-hybridized carbons (Fsp3) is 0.241. The number of halogens is 5. The van der Waals surface area contributed by atoms with Crippen molar-refractivity contribution in [2.75, 3.05) is 26.3 Å². The molecule has 2 amide bonds. The number of aliphatic hydroxyl groups excluding tert-OH is 1. The lowest BCUT2D eigenvalue weighted by atomic mass is 9.97. The third kappa shape index (κ3) is 12.9. The number of aliphatic hydroxyl groups is 1. The van der Waals surface area contributed by atoms with Crippen LogP contribution in [-0.2, 0) is 27.4 Å². The van der Waals surface area contributed by atoms with Gasteiger partial charge in [-0.05, 0) is 78.0 Å². The fourth-order valence-electron chi connectivity index (χ4n) is 8.59. The van der Waals surface area contributed by atoms with Gasteiger partial charge in [0.25, 0.3) is 17.1 Å². The predicted molar refractivity (Wildman–Crippen MR) is 275 cm³/mol. The number of hydrogen-bond donors (Lipinski definition) is 3. The molecule has 0 saturated heterocycles. The van der Waals surface area contributed by atoms with Gasteiger partial charge in [0.2, 0.25) is 0 Å². The average molecular weight is 1020 g/mol. The van der Waals surface area contributed by atoms with Crippen molar-refractivity contribution in [2.45, 2.75) is 38.9 Å². The van der Waals surface area contributed by atoms with Gasteiger partial charge in [0.15, 0.2) is 0 Å². The maximum Gasteiger partial charge on any atom is 0.407 e. The highest BCUT2D eigenvalue weighted by atomic mass is 35.5. The summed E-state index contributed by atoms with van der Waals surface area (Å²) in [6.45, 7) is 2.68. The van der Waals surface area contributed by atoms with Crippen LogP contribution in [-0.4, -0.2) is 66.7 Å². The van der Waals surface area contributed by atoms with Crippen LogP contribution in [0.15, 0.2) is 170 Å². The summed E-state index contributed by atoms with van der Waals surface area (Å²) in [5, 5.41) is 20.0. The molecule has 0 heterocycles. The molecule has 0 spiro atoms. The van der Waals surface area contributed by atoms with E-state index in [1.54, 1.807) is 24.3 Å². The Balaban J connectivity index is 0.000000173. The quantitative estimate of drug-likeness (QED) is 0.0341. The summed E-state index contributed by atoms with van der Waals surface area (Å²) in [4.78, 5) is 47.9. The van der Waals surface area contributed by atoms with Crippen molar-refractivity contribution in [1.29, 1.82) is 0 Å². The van der Waals surface area contributed by atoms with Crippen molar-refractivity contribution < 1.29 is 56.1 Å². The molecule has 0 bridgehead atoms. The van der Waals surface area contributed by atoms with Gasteiger partial charge < -0.3 is 30.0 Å². The monoisotopic (exact) mass is 1020 g/mol. The lowest BCUT2D eigenvalue weighted by Gasteiger charge is -2.11. The Labute approximate surface area is 424 Å². The first kappa shape index (κ1) is 53.3. The molecule has 4 atom stereocenters. The largest absolute Gasteiger partial charge is 0.462 e. The van der Waals surface area contributed by atoms with Gasteiger partial charge in [0.05, 0.1) is 35.8 Å². The minimum absolute atomic E-state index is 0.0494. The summed E-state index contributed by atoms with van der Waals surface area (Å²) < 4.78 is 70.0. The van der Waals surface area contributed by atoms with Crippen molar-refractivity contribution in [1.82, 2.24) is 10.6 Å². The van der Waals surface area contributed by atoms with Gasteiger partial charge in [-0.3, -0.25) is 4.79 Å². The zero-order chi connectivity index (χ0) is 52.1. The molecule has 8 aromatic carbocycles. The zero-order valence-corrected chi connectivity index (χ0v) is 40.7. The minimum atomic E-state index is -3.03. The molecule has 73 heavy (non-hydrogen) atoms. The first-order valence-electron chi connectivity index (χ1n) is 23.7. The van der Waals surface area contributed by atoms with Gasteiger partial charge in [0, 0.05) is 18.7 Å². The average Bonchev–Trinajstić information content (AvgIpc) is 4.18. The Bertz CT molecular complexity index is 3090. The molecule has 3 N–H and O–H groups in total. The standard InChI is InChI=1S/C28H23F2NO4.C15H9ClO.C13H15F2NO3.C2H6/c29-28(30)23(15-31-27(33)35-16-18-8-2-1-3-9-18)24(28)17-34-26(32)25-21-12-6-4-10-19(21)14-20-11-5-7-13-22(20)25;16-15(17)14-12-7-3-1-5-10(12)9-11-6-2-4-8-13(11)14;14-13(15)10(11(13)7-17)6-16-12(18)19-8-9-4-2-1-3-5-9;1-2/h1-14,23-24H,15-17H2,(H,31,33);1-9H;1-5,10-11,17H,6-8H2,(H,16,18);1-2H3/t23-,24-;;10-,11-;/m1.1./s1. The number of carbonyl (C=O) groups excluding carboxylic acids is 4. The van der Waals surface area contributed by atoms with E-state index in [4.69, 9.17) is 30.9 Å². The molecule has 2 aliphatic rings. The lowest BCUT2D eigenvalue weighted by molar-refractivity contribution is 0.0364. The minimum Gasteiger partial charge on any atom is -0.462 e. The first-order chi connectivity index (χ1) is 35.3. The number of ether oxygens (including phenoxy) is 3. The molecular formula is C58H53ClF4N2O8. The van der Waals surface area contributed by atoms with Gasteiger partial charge >= 0.3 is 18.2 Å². The van der Waals surface area contributed by atoms with Crippen LogP contribution in [0.1, 0.15) is 45.7 Å². The van der Waals surface area contributed by atoms with Crippen LogP contribution in [0.2, 0.25) is 0 Å². The van der Waals surface area contributed by atoms with E-state index in [9.17, 15) is 36.7 Å². The van der Waals surface area contributed by atoms with E-state index in [0.717, 1.165) is 43.4 Å². The first-order valence-corrected chi connectivity index (χ1v) is 24.1. The smallest absolute Gasteiger partial charge is 0.407 e. The van der Waals surface area contributed by atoms with Gasteiger partial charge in [-0.2, -0.15) is 0 Å². The summed E-state index contributed by atoms with van der Waals surface area (Å²) >= 11 is 5.72. The third-order valence-electron chi connectivity index (χ3n) is 12.6. The molecular weight excluding hydrogens is 964 g/mol. The van der Waals surface area contributed by atoms with Crippen molar-refractivity contribution in [2.24, 2.45) is 23.7 Å². The summed E-state index contributed by atoms with van der Waals surface area (Å²) in [5.74, 6) is -10.9. The van der Waals surface area contributed by atoms with Crippen molar-refractivity contribution in [3.63, 3.8) is 0 Å². The second-order valence-electron chi connectivity index (χ2n) is 17.1. The Morgan fingerprint density at radius 1 is 0.493 bits per heavy atom. The molecule has 2 fully saturated rings. The van der Waals surface area contributed by atoms with Crippen LogP contribution in [0.3, 0.4) is 0 Å². The van der Waals surface area contributed by atoms with Crippen LogP contribution in [0.5, 0.6) is 0 Å². The predicted octanol–water partition coefficient (Wildman–Crippen LogP) is 13.1. The number of rotatable bonds is 13. The highest BCUT2D eigenvalue weighted by Gasteiger charge is 2.68. The topological polar surface area (TPSA) is 140 Å². The van der Waals surface area contributed by atoms with E-state index in [-0.39, 0.29) is 26.3 Å². The molecule has 0 radical (unpaired) electrons. The molecule has 0 unspecified atom stereocenters. The maximum absolute atomic E-state index is 14.3. The van der Waals surface area contributed by atoms with Gasteiger partial charge in [0.1, 0.15) is 19.8 Å². The second kappa shape index (κ2) is 24.2. The third-order valence-corrected chi connectivity index (χ3v) is 12.8. The van der Waals surface area contributed by atoms with Crippen molar-refractivity contribution in [3.8, 4) is 0 Å². The molecule has 15 heteroatoms. The Morgan fingerprint density at radius 2 is 0.836 bits per heavy atom. The Morgan fingerprint density at radius 3 is 1.21 bits per heavy atom. The van der Waals surface area contributed by atoms with E-state index in [0.29, 0.717) is 21.9 Å². The van der Waals surface area contributed by atoms with E-state index in [2.05, 4.69) is 16.7 Å². The van der Waals surface area contributed by atoms with Crippen LogP contribution >= 0.6 is 11.6 Å². The second-order valence-corrected chi connectivity index (χ2v) is 17.4. The van der Waals surface area contributed by atoms with Crippen LogP contribution < -0.4 is 10.6 Å². The number of nitrogens with one attached hydrogen (secondary N) is 2. The van der Waals surface area contributed by atoms with Gasteiger partial charge in [-0.15, -0.1) is 0 Å². The van der Waals surface area contributed by atoms with Crippen molar-refractivity contribution >= 4 is 78.1 Å². The maximum atomic E-state index is 14.3. The molecule has 10 nitrogen and oxygen atoms in total. The molecule has 8 aromatic rings. The highest BCUT2D eigenvalue weighted by Crippen LogP contribution is 2.55. The van der Waals surface area contributed by atoms with E-state index in [1.165, 1.54) is 0 Å². The zero-order valence-electron chi connectivity index (χ0n) is 39.9. The normalized spacial score (nSPS) is 17.5. The van der Waals surface area contributed by atoms with Crippen molar-refractivity contribution in [3.05, 3.63) is 192 Å². The van der Waals surface area contributed by atoms with E-state index >= 15 is 0 Å².